The molecule has 2 rings (SSSR count). The summed E-state index contributed by atoms with van der Waals surface area (Å²) in [4.78, 5) is 24.5. The topological polar surface area (TPSA) is 99.3 Å². The standard InChI is InChI=1S/C11H11ClN4O2/c12-6-1-3-7(4-2-6)16-5-8(9(13)14)10(17)15-11(16)18/h1-4,8H,5H2,(H3,13,14)(H,15,17,18)/t8-/m1/s1. The highest BCUT2D eigenvalue weighted by Gasteiger charge is 2.34. The first-order valence-corrected chi connectivity index (χ1v) is 5.58. The third kappa shape index (κ3) is 2.28. The SMILES string of the molecule is N=C(N)[C@H]1CN(c2ccc(Cl)cc2)C(=O)NC1=O. The van der Waals surface area contributed by atoms with E-state index < -0.39 is 17.9 Å². The number of hydrogen-bond donors (Lipinski definition) is 3. The van der Waals surface area contributed by atoms with Gasteiger partial charge in [-0.3, -0.25) is 20.4 Å². The number of nitrogens with one attached hydrogen (secondary N) is 2. The molecule has 0 unspecified atom stereocenters. The summed E-state index contributed by atoms with van der Waals surface area (Å²) >= 11 is 5.76. The van der Waals surface area contributed by atoms with Gasteiger partial charge in [0.1, 0.15) is 11.8 Å². The first-order chi connectivity index (χ1) is 8.49. The molecule has 1 aromatic rings. The van der Waals surface area contributed by atoms with Crippen molar-refractivity contribution in [2.24, 2.45) is 11.7 Å². The van der Waals surface area contributed by atoms with Gasteiger partial charge in [0.15, 0.2) is 0 Å². The van der Waals surface area contributed by atoms with Crippen LogP contribution in [0.15, 0.2) is 24.3 Å². The predicted molar refractivity (Wildman–Crippen MR) is 67.7 cm³/mol. The molecule has 1 saturated heterocycles. The van der Waals surface area contributed by atoms with E-state index in [2.05, 4.69) is 5.32 Å². The molecule has 94 valence electrons. The molecule has 7 heteroatoms. The Morgan fingerprint density at radius 1 is 1.39 bits per heavy atom. The van der Waals surface area contributed by atoms with E-state index in [0.29, 0.717) is 10.7 Å². The number of nitrogens with two attached hydrogens (primary N) is 1. The predicted octanol–water partition coefficient (Wildman–Crippen LogP) is 0.948. The average Bonchev–Trinajstić information content (AvgIpc) is 2.30. The van der Waals surface area contributed by atoms with E-state index in [1.54, 1.807) is 24.3 Å². The normalized spacial score (nSPS) is 19.6. The molecule has 3 amide bonds. The Bertz CT molecular complexity index is 514. The van der Waals surface area contributed by atoms with Crippen molar-refractivity contribution < 1.29 is 9.59 Å². The molecule has 1 aliphatic heterocycles. The van der Waals surface area contributed by atoms with Crippen LogP contribution in [0.2, 0.25) is 5.02 Å². The van der Waals surface area contributed by atoms with E-state index in [4.69, 9.17) is 22.7 Å². The van der Waals surface area contributed by atoms with Crippen molar-refractivity contribution in [2.45, 2.75) is 0 Å². The van der Waals surface area contributed by atoms with Crippen LogP contribution in [0, 0.1) is 11.3 Å². The Labute approximate surface area is 108 Å². The van der Waals surface area contributed by atoms with Crippen LogP contribution < -0.4 is 16.0 Å². The highest BCUT2D eigenvalue weighted by Crippen LogP contribution is 2.21. The molecule has 0 saturated carbocycles. The van der Waals surface area contributed by atoms with Crippen molar-refractivity contribution in [3.63, 3.8) is 0 Å². The van der Waals surface area contributed by atoms with Gasteiger partial charge in [-0.1, -0.05) is 11.6 Å². The number of carbonyl (C=O) groups excluding carboxylic acids is 2. The average molecular weight is 267 g/mol. The largest absolute Gasteiger partial charge is 0.387 e. The Morgan fingerprint density at radius 3 is 2.56 bits per heavy atom. The van der Waals surface area contributed by atoms with Gasteiger partial charge in [-0.15, -0.1) is 0 Å². The summed E-state index contributed by atoms with van der Waals surface area (Å²) in [7, 11) is 0. The van der Waals surface area contributed by atoms with Gasteiger partial charge in [-0.2, -0.15) is 0 Å². The number of imide groups is 1. The molecule has 18 heavy (non-hydrogen) atoms. The number of carbonyl (C=O) groups is 2. The number of benzene rings is 1. The molecule has 6 nitrogen and oxygen atoms in total. The molecule has 1 heterocycles. The third-order valence-electron chi connectivity index (χ3n) is 2.67. The number of hydrogen-bond acceptors (Lipinski definition) is 3. The van der Waals surface area contributed by atoms with Crippen LogP contribution in [0.1, 0.15) is 0 Å². The molecule has 1 aliphatic rings. The number of rotatable bonds is 2. The van der Waals surface area contributed by atoms with Gasteiger partial charge < -0.3 is 5.73 Å². The van der Waals surface area contributed by atoms with E-state index in [1.807, 2.05) is 0 Å². The van der Waals surface area contributed by atoms with E-state index >= 15 is 0 Å². The second-order valence-electron chi connectivity index (χ2n) is 3.89. The fraction of sp³-hybridized carbons (Fsp3) is 0.182. The molecular formula is C11H11ClN4O2. The highest BCUT2D eigenvalue weighted by atomic mass is 35.5. The van der Waals surface area contributed by atoms with Crippen molar-refractivity contribution in [1.29, 1.82) is 5.41 Å². The van der Waals surface area contributed by atoms with Gasteiger partial charge >= 0.3 is 6.03 Å². The summed E-state index contributed by atoms with van der Waals surface area (Å²) in [5, 5.41) is 10.0. The smallest absolute Gasteiger partial charge is 0.328 e. The lowest BCUT2D eigenvalue weighted by Crippen LogP contribution is -2.57. The fourth-order valence-electron chi connectivity index (χ4n) is 1.69. The quantitative estimate of drug-likeness (QED) is 0.549. The van der Waals surface area contributed by atoms with E-state index in [-0.39, 0.29) is 12.4 Å². The highest BCUT2D eigenvalue weighted by molar-refractivity contribution is 6.30. The first kappa shape index (κ1) is 12.4. The van der Waals surface area contributed by atoms with Gasteiger partial charge in [0, 0.05) is 17.3 Å². The number of amidine groups is 1. The Kier molecular flexibility index (Phi) is 3.20. The van der Waals surface area contributed by atoms with E-state index in [1.165, 1.54) is 4.90 Å². The van der Waals surface area contributed by atoms with Crippen molar-refractivity contribution in [2.75, 3.05) is 11.4 Å². The molecule has 1 aromatic carbocycles. The molecule has 0 aliphatic carbocycles. The summed E-state index contributed by atoms with van der Waals surface area (Å²) in [6.07, 6.45) is 0. The Hall–Kier alpha value is -2.08. The van der Waals surface area contributed by atoms with Crippen LogP contribution in [0.3, 0.4) is 0 Å². The molecule has 0 bridgehead atoms. The molecule has 4 N–H and O–H groups in total. The van der Waals surface area contributed by atoms with Crippen LogP contribution in [-0.2, 0) is 4.79 Å². The van der Waals surface area contributed by atoms with Gasteiger partial charge in [-0.25, -0.2) is 4.79 Å². The van der Waals surface area contributed by atoms with Gasteiger partial charge in [0.05, 0.1) is 0 Å². The lowest BCUT2D eigenvalue weighted by Gasteiger charge is -2.31. The molecule has 0 spiro atoms. The Balaban J connectivity index is 2.27. The second-order valence-corrected chi connectivity index (χ2v) is 4.33. The zero-order valence-corrected chi connectivity index (χ0v) is 10.1. The van der Waals surface area contributed by atoms with Crippen molar-refractivity contribution >= 4 is 35.1 Å². The summed E-state index contributed by atoms with van der Waals surface area (Å²) in [6.45, 7) is 0.0572. The summed E-state index contributed by atoms with van der Waals surface area (Å²) in [5.74, 6) is -1.63. The number of nitrogens with zero attached hydrogens (tertiary/aromatic N) is 1. The number of urea groups is 1. The van der Waals surface area contributed by atoms with Crippen LogP contribution in [0.4, 0.5) is 10.5 Å². The van der Waals surface area contributed by atoms with Crippen LogP contribution in [0.25, 0.3) is 0 Å². The van der Waals surface area contributed by atoms with Crippen molar-refractivity contribution in [3.8, 4) is 0 Å². The Morgan fingerprint density at radius 2 is 2.00 bits per heavy atom. The van der Waals surface area contributed by atoms with E-state index in [9.17, 15) is 9.59 Å². The van der Waals surface area contributed by atoms with Gasteiger partial charge in [0.2, 0.25) is 5.91 Å². The summed E-state index contributed by atoms with van der Waals surface area (Å²) in [6, 6.07) is 6.08. The van der Waals surface area contributed by atoms with Crippen LogP contribution in [0.5, 0.6) is 0 Å². The maximum absolute atomic E-state index is 11.7. The summed E-state index contributed by atoms with van der Waals surface area (Å²) in [5.41, 5.74) is 5.92. The minimum atomic E-state index is -0.821. The maximum Gasteiger partial charge on any atom is 0.328 e. The molecule has 1 fully saturated rings. The van der Waals surface area contributed by atoms with Crippen LogP contribution >= 0.6 is 11.6 Å². The minimum Gasteiger partial charge on any atom is -0.387 e. The van der Waals surface area contributed by atoms with Crippen LogP contribution in [-0.4, -0.2) is 24.3 Å². The molecular weight excluding hydrogens is 256 g/mol. The third-order valence-corrected chi connectivity index (χ3v) is 2.92. The lowest BCUT2D eigenvalue weighted by atomic mass is 10.0. The summed E-state index contributed by atoms with van der Waals surface area (Å²) < 4.78 is 0. The molecule has 0 aromatic heterocycles. The van der Waals surface area contributed by atoms with Crippen molar-refractivity contribution in [3.05, 3.63) is 29.3 Å². The number of amides is 3. The van der Waals surface area contributed by atoms with E-state index in [0.717, 1.165) is 0 Å². The number of anilines is 1. The number of halogens is 1. The lowest BCUT2D eigenvalue weighted by molar-refractivity contribution is -0.122. The zero-order valence-electron chi connectivity index (χ0n) is 9.31. The first-order valence-electron chi connectivity index (χ1n) is 5.21. The fourth-order valence-corrected chi connectivity index (χ4v) is 1.82. The monoisotopic (exact) mass is 266 g/mol. The zero-order chi connectivity index (χ0) is 13.3. The maximum atomic E-state index is 11.7. The van der Waals surface area contributed by atoms with Crippen molar-refractivity contribution in [1.82, 2.24) is 5.32 Å². The molecule has 1 atom stereocenters. The van der Waals surface area contributed by atoms with Gasteiger partial charge in [-0.05, 0) is 24.3 Å². The second kappa shape index (κ2) is 4.66. The molecule has 0 radical (unpaired) electrons. The minimum absolute atomic E-state index is 0.0572. The van der Waals surface area contributed by atoms with Gasteiger partial charge in [0.25, 0.3) is 0 Å².